The second-order valence-corrected chi connectivity index (χ2v) is 8.31. The first-order valence-electron chi connectivity index (χ1n) is 10.6. The molecule has 1 aliphatic carbocycles. The van der Waals surface area contributed by atoms with E-state index in [1.165, 1.54) is 37.5 Å². The molecule has 30 heavy (non-hydrogen) atoms. The first-order chi connectivity index (χ1) is 14.5. The van der Waals surface area contributed by atoms with E-state index in [-0.39, 0.29) is 5.78 Å². The fourth-order valence-electron chi connectivity index (χ4n) is 4.68. The van der Waals surface area contributed by atoms with Gasteiger partial charge in [-0.3, -0.25) is 4.79 Å². The van der Waals surface area contributed by atoms with Crippen molar-refractivity contribution in [2.24, 2.45) is 5.41 Å². The van der Waals surface area contributed by atoms with E-state index in [9.17, 15) is 4.79 Å². The lowest BCUT2D eigenvalue weighted by molar-refractivity contribution is -0.121. The van der Waals surface area contributed by atoms with Crippen molar-refractivity contribution in [2.75, 3.05) is 0 Å². The lowest BCUT2D eigenvalue weighted by Gasteiger charge is -2.23. The summed E-state index contributed by atoms with van der Waals surface area (Å²) < 4.78 is 0. The van der Waals surface area contributed by atoms with Gasteiger partial charge in [-0.15, -0.1) is 5.73 Å². The van der Waals surface area contributed by atoms with Gasteiger partial charge in [-0.2, -0.15) is 0 Å². The third kappa shape index (κ3) is 2.60. The molecule has 1 unspecified atom stereocenters. The molecule has 0 bridgehead atoms. The van der Waals surface area contributed by atoms with E-state index in [1.807, 2.05) is 19.1 Å². The van der Waals surface area contributed by atoms with Crippen molar-refractivity contribution >= 4 is 50.3 Å². The van der Waals surface area contributed by atoms with Gasteiger partial charge >= 0.3 is 0 Å². The summed E-state index contributed by atoms with van der Waals surface area (Å²) in [4.78, 5) is 12.8. The first-order valence-corrected chi connectivity index (χ1v) is 10.6. The van der Waals surface area contributed by atoms with Crippen molar-refractivity contribution in [1.29, 1.82) is 0 Å². The Balaban J connectivity index is 1.99. The molecule has 4 aromatic carbocycles. The molecule has 4 aromatic rings. The molecule has 0 radical (unpaired) electrons. The Labute approximate surface area is 176 Å². The van der Waals surface area contributed by atoms with Crippen LogP contribution in [0.3, 0.4) is 0 Å². The van der Waals surface area contributed by atoms with Gasteiger partial charge in [0.25, 0.3) is 0 Å². The SMILES string of the molecule is CC/C=C\C(C)(C(C)=O)C1=C=Cc2cccc3c2c(c2cccc4cccc3c42)=C1. The molecule has 1 nitrogen and oxygen atoms in total. The highest BCUT2D eigenvalue weighted by atomic mass is 16.1. The summed E-state index contributed by atoms with van der Waals surface area (Å²) in [5, 5.41) is 8.68. The average molecular weight is 389 g/mol. The zero-order chi connectivity index (χ0) is 20.9. The number of fused-ring (bicyclic) bond motifs is 2. The first kappa shape index (κ1) is 18.6. The Kier molecular flexibility index (Phi) is 4.24. The molecule has 0 saturated carbocycles. The maximum Gasteiger partial charge on any atom is 0.144 e. The molecule has 0 aliphatic heterocycles. The van der Waals surface area contributed by atoms with Gasteiger partial charge in [0.2, 0.25) is 0 Å². The molecule has 1 heteroatoms. The second kappa shape index (κ2) is 6.83. The zero-order valence-electron chi connectivity index (χ0n) is 17.6. The molecule has 0 amide bonds. The molecule has 0 aromatic heterocycles. The van der Waals surface area contributed by atoms with E-state index in [4.69, 9.17) is 0 Å². The van der Waals surface area contributed by atoms with Crippen LogP contribution in [-0.4, -0.2) is 5.78 Å². The van der Waals surface area contributed by atoms with Gasteiger partial charge in [0, 0.05) is 5.57 Å². The molecular weight excluding hydrogens is 364 g/mol. The van der Waals surface area contributed by atoms with Crippen LogP contribution in [0.2, 0.25) is 0 Å². The molecule has 1 atom stereocenters. The van der Waals surface area contributed by atoms with Crippen LogP contribution in [0.5, 0.6) is 0 Å². The van der Waals surface area contributed by atoms with Crippen LogP contribution in [0.1, 0.15) is 32.8 Å². The summed E-state index contributed by atoms with van der Waals surface area (Å²) in [5.41, 5.74) is 4.84. The molecule has 1 aliphatic rings. The van der Waals surface area contributed by atoms with Crippen molar-refractivity contribution in [1.82, 2.24) is 0 Å². The van der Waals surface area contributed by atoms with Gasteiger partial charge in [0.05, 0.1) is 5.41 Å². The lowest BCUT2D eigenvalue weighted by Crippen LogP contribution is -2.25. The molecule has 0 spiro atoms. The number of Topliss-reactive ketones (excluding diaryl/α,β-unsaturated/α-hetero) is 1. The summed E-state index contributed by atoms with van der Waals surface area (Å²) >= 11 is 0. The quantitative estimate of drug-likeness (QED) is 0.163. The number of hydrogen-bond acceptors (Lipinski definition) is 1. The van der Waals surface area contributed by atoms with Crippen LogP contribution in [-0.2, 0) is 4.79 Å². The number of allylic oxidation sites excluding steroid dienone is 3. The van der Waals surface area contributed by atoms with Gasteiger partial charge < -0.3 is 0 Å². The van der Waals surface area contributed by atoms with Crippen LogP contribution >= 0.6 is 0 Å². The fraction of sp³-hybridized carbons (Fsp3) is 0.172. The predicted octanol–water partition coefficient (Wildman–Crippen LogP) is 6.76. The van der Waals surface area contributed by atoms with E-state index in [1.54, 1.807) is 6.92 Å². The normalized spacial score (nSPS) is 15.4. The molecule has 0 heterocycles. The topological polar surface area (TPSA) is 17.1 Å². The number of benzene rings is 4. The number of carbonyl (C=O) groups is 1. The fourth-order valence-corrected chi connectivity index (χ4v) is 4.68. The minimum atomic E-state index is -0.702. The highest BCUT2D eigenvalue weighted by Crippen LogP contribution is 2.36. The van der Waals surface area contributed by atoms with Crippen LogP contribution in [0.25, 0.3) is 44.5 Å². The van der Waals surface area contributed by atoms with Crippen molar-refractivity contribution < 1.29 is 4.79 Å². The Hall–Kier alpha value is -3.41. The van der Waals surface area contributed by atoms with E-state index in [0.29, 0.717) is 0 Å². The second-order valence-electron chi connectivity index (χ2n) is 8.31. The molecular formula is C29H24O. The van der Waals surface area contributed by atoms with Gasteiger partial charge in [-0.05, 0) is 75.5 Å². The van der Waals surface area contributed by atoms with E-state index < -0.39 is 5.41 Å². The van der Waals surface area contributed by atoms with Crippen molar-refractivity contribution in [3.63, 3.8) is 0 Å². The number of carbonyl (C=O) groups excluding carboxylic acids is 1. The highest BCUT2D eigenvalue weighted by molar-refractivity contribution is 6.23. The van der Waals surface area contributed by atoms with E-state index in [2.05, 4.69) is 79.4 Å². The number of hydrogen-bond donors (Lipinski definition) is 0. The van der Waals surface area contributed by atoms with Crippen LogP contribution in [0.4, 0.5) is 0 Å². The Morgan fingerprint density at radius 1 is 0.967 bits per heavy atom. The van der Waals surface area contributed by atoms with Crippen molar-refractivity contribution in [2.45, 2.75) is 27.2 Å². The molecule has 5 rings (SSSR count). The van der Waals surface area contributed by atoms with Gasteiger partial charge in [-0.25, -0.2) is 0 Å². The smallest absolute Gasteiger partial charge is 0.144 e. The van der Waals surface area contributed by atoms with Gasteiger partial charge in [0.1, 0.15) is 5.78 Å². The number of ketones is 1. The molecule has 0 N–H and O–H groups in total. The molecule has 146 valence electrons. The largest absolute Gasteiger partial charge is 0.299 e. The highest BCUT2D eigenvalue weighted by Gasteiger charge is 2.31. The summed E-state index contributed by atoms with van der Waals surface area (Å²) in [6.45, 7) is 5.77. The van der Waals surface area contributed by atoms with Crippen LogP contribution in [0.15, 0.2) is 78.1 Å². The summed E-state index contributed by atoms with van der Waals surface area (Å²) in [7, 11) is 0. The minimum Gasteiger partial charge on any atom is -0.299 e. The standard InChI is InChI=1S/C29H24O/c1-4-5-17-29(3,19(2)30)22-16-15-21-11-8-13-24-23-12-6-9-20-10-7-14-25(27(20)23)26(18-22)28(21)24/h5-15,17-18H,4H2,1-3H3/b17-5-. The Morgan fingerprint density at radius 2 is 1.63 bits per heavy atom. The monoisotopic (exact) mass is 388 g/mol. The minimum absolute atomic E-state index is 0.126. The molecule has 0 saturated heterocycles. The van der Waals surface area contributed by atoms with E-state index >= 15 is 0 Å². The van der Waals surface area contributed by atoms with Crippen LogP contribution in [0, 0.1) is 5.41 Å². The third-order valence-electron chi connectivity index (χ3n) is 6.50. The van der Waals surface area contributed by atoms with Crippen molar-refractivity contribution in [3.05, 3.63) is 88.8 Å². The van der Waals surface area contributed by atoms with Crippen molar-refractivity contribution in [3.8, 4) is 0 Å². The zero-order valence-corrected chi connectivity index (χ0v) is 17.6. The van der Waals surface area contributed by atoms with Gasteiger partial charge in [-0.1, -0.05) is 73.7 Å². The predicted molar refractivity (Wildman–Crippen MR) is 128 cm³/mol. The maximum atomic E-state index is 12.8. The molecule has 0 fully saturated rings. The Morgan fingerprint density at radius 3 is 2.33 bits per heavy atom. The summed E-state index contributed by atoms with van der Waals surface area (Å²) in [6.07, 6.45) is 9.25. The maximum absolute atomic E-state index is 12.8. The lowest BCUT2D eigenvalue weighted by atomic mass is 9.77. The van der Waals surface area contributed by atoms with Crippen LogP contribution < -0.4 is 5.22 Å². The average Bonchev–Trinajstić information content (AvgIpc) is 2.96. The third-order valence-corrected chi connectivity index (χ3v) is 6.50. The number of rotatable bonds is 4. The Bertz CT molecular complexity index is 1490. The summed E-state index contributed by atoms with van der Waals surface area (Å²) in [5.74, 6) is 0.126. The van der Waals surface area contributed by atoms with E-state index in [0.717, 1.165) is 17.6 Å². The van der Waals surface area contributed by atoms with Gasteiger partial charge in [0.15, 0.2) is 0 Å². The summed E-state index contributed by atoms with van der Waals surface area (Å²) in [6, 6.07) is 19.5.